The van der Waals surface area contributed by atoms with Crippen molar-refractivity contribution in [3.63, 3.8) is 0 Å². The first-order valence-electron chi connectivity index (χ1n) is 10.1. The van der Waals surface area contributed by atoms with E-state index < -0.39 is 5.60 Å². The first-order chi connectivity index (χ1) is 12.4. The van der Waals surface area contributed by atoms with Crippen LogP contribution < -0.4 is 10.1 Å². The van der Waals surface area contributed by atoms with Gasteiger partial charge in [-0.1, -0.05) is 27.2 Å². The minimum atomic E-state index is -0.688. The molecule has 1 aliphatic rings. The molecule has 0 saturated heterocycles. The van der Waals surface area contributed by atoms with Crippen molar-refractivity contribution in [3.05, 3.63) is 23.3 Å². The fraction of sp³-hybridized carbons (Fsp3) is 0.682. The van der Waals surface area contributed by atoms with Crippen LogP contribution >= 0.6 is 0 Å². The van der Waals surface area contributed by atoms with Crippen molar-refractivity contribution >= 4 is 11.6 Å². The van der Waals surface area contributed by atoms with Gasteiger partial charge < -0.3 is 14.8 Å². The van der Waals surface area contributed by atoms with Crippen LogP contribution in [0.5, 0.6) is 5.75 Å². The Hall–Kier alpha value is -1.55. The Kier molecular flexibility index (Phi) is 7.51. The van der Waals surface area contributed by atoms with Gasteiger partial charge in [-0.2, -0.15) is 0 Å². The first-order valence-corrected chi connectivity index (χ1v) is 10.1. The highest BCUT2D eigenvalue weighted by molar-refractivity contribution is 5.97. The van der Waals surface area contributed by atoms with Gasteiger partial charge in [-0.25, -0.2) is 0 Å². The Morgan fingerprint density at radius 2 is 1.85 bits per heavy atom. The van der Waals surface area contributed by atoms with Gasteiger partial charge in [-0.05, 0) is 75.1 Å². The number of aryl methyl sites for hydroxylation is 2. The second-order valence-corrected chi connectivity index (χ2v) is 7.79. The fourth-order valence-electron chi connectivity index (χ4n) is 3.90. The lowest BCUT2D eigenvalue weighted by atomic mass is 9.78. The van der Waals surface area contributed by atoms with Crippen LogP contribution in [0.2, 0.25) is 0 Å². The van der Waals surface area contributed by atoms with E-state index in [4.69, 9.17) is 9.47 Å². The van der Waals surface area contributed by atoms with Gasteiger partial charge in [-0.3, -0.25) is 4.79 Å². The highest BCUT2D eigenvalue weighted by Gasteiger charge is 2.42. The minimum absolute atomic E-state index is 0.00136. The van der Waals surface area contributed by atoms with Crippen molar-refractivity contribution in [1.29, 1.82) is 0 Å². The standard InChI is InChI=1S/C22H35NO3/c1-6-11-25-20-17(4)13-19(14-18(20)5)23-21(24)22(26-12-7-2)10-8-9-16(3)15-22/h13-14,16H,6-12,15H2,1-5H3,(H,23,24)/t16-,22-/m0/s1. The van der Waals surface area contributed by atoms with E-state index in [1.165, 1.54) is 6.42 Å². The molecular weight excluding hydrogens is 326 g/mol. The summed E-state index contributed by atoms with van der Waals surface area (Å²) < 4.78 is 12.0. The lowest BCUT2D eigenvalue weighted by Gasteiger charge is -2.38. The molecule has 1 fully saturated rings. The highest BCUT2D eigenvalue weighted by atomic mass is 16.5. The van der Waals surface area contributed by atoms with Crippen LogP contribution in [0.4, 0.5) is 5.69 Å². The third-order valence-corrected chi connectivity index (χ3v) is 5.12. The highest BCUT2D eigenvalue weighted by Crippen LogP contribution is 2.37. The van der Waals surface area contributed by atoms with Crippen LogP contribution in [-0.4, -0.2) is 24.7 Å². The Morgan fingerprint density at radius 1 is 1.19 bits per heavy atom. The summed E-state index contributed by atoms with van der Waals surface area (Å²) in [4.78, 5) is 13.2. The average molecular weight is 362 g/mol. The van der Waals surface area contributed by atoms with Crippen molar-refractivity contribution < 1.29 is 14.3 Å². The average Bonchev–Trinajstić information content (AvgIpc) is 2.59. The Morgan fingerprint density at radius 3 is 2.42 bits per heavy atom. The molecule has 0 spiro atoms. The van der Waals surface area contributed by atoms with Crippen LogP contribution in [0.15, 0.2) is 12.1 Å². The third-order valence-electron chi connectivity index (χ3n) is 5.12. The number of benzene rings is 1. The molecule has 4 heteroatoms. The van der Waals surface area contributed by atoms with Crippen molar-refractivity contribution in [2.24, 2.45) is 5.92 Å². The summed E-state index contributed by atoms with van der Waals surface area (Å²) in [6.07, 6.45) is 5.72. The predicted octanol–water partition coefficient (Wildman–Crippen LogP) is 5.41. The molecule has 0 aromatic heterocycles. The van der Waals surface area contributed by atoms with E-state index in [2.05, 4.69) is 26.1 Å². The summed E-state index contributed by atoms with van der Waals surface area (Å²) in [6, 6.07) is 3.99. The molecular formula is C22H35NO3. The monoisotopic (exact) mass is 361 g/mol. The number of amides is 1. The van der Waals surface area contributed by atoms with E-state index in [0.29, 0.717) is 19.1 Å². The zero-order chi connectivity index (χ0) is 19.2. The molecule has 1 saturated carbocycles. The first kappa shape index (κ1) is 20.8. The topological polar surface area (TPSA) is 47.6 Å². The van der Waals surface area contributed by atoms with E-state index in [1.807, 2.05) is 26.0 Å². The number of hydrogen-bond acceptors (Lipinski definition) is 3. The zero-order valence-corrected chi connectivity index (χ0v) is 17.1. The maximum atomic E-state index is 13.2. The molecule has 2 atom stereocenters. The lowest BCUT2D eigenvalue weighted by Crippen LogP contribution is -2.48. The zero-order valence-electron chi connectivity index (χ0n) is 17.1. The van der Waals surface area contributed by atoms with Gasteiger partial charge in [0.2, 0.25) is 0 Å². The van der Waals surface area contributed by atoms with Gasteiger partial charge in [-0.15, -0.1) is 0 Å². The summed E-state index contributed by atoms with van der Waals surface area (Å²) in [5.74, 6) is 1.44. The van der Waals surface area contributed by atoms with Gasteiger partial charge in [0.25, 0.3) is 5.91 Å². The van der Waals surface area contributed by atoms with Crippen molar-refractivity contribution in [2.45, 2.75) is 78.7 Å². The van der Waals surface area contributed by atoms with Crippen LogP contribution in [-0.2, 0) is 9.53 Å². The molecule has 2 rings (SSSR count). The predicted molar refractivity (Wildman–Crippen MR) is 107 cm³/mol. The lowest BCUT2D eigenvalue weighted by molar-refractivity contribution is -0.148. The van der Waals surface area contributed by atoms with E-state index in [9.17, 15) is 4.79 Å². The third kappa shape index (κ3) is 5.00. The molecule has 1 aromatic carbocycles. The number of rotatable bonds is 8. The van der Waals surface area contributed by atoms with Gasteiger partial charge in [0.05, 0.1) is 6.61 Å². The van der Waals surface area contributed by atoms with Gasteiger partial charge in [0, 0.05) is 12.3 Å². The molecule has 1 N–H and O–H groups in total. The molecule has 1 aromatic rings. The Labute approximate surface area is 158 Å². The molecule has 4 nitrogen and oxygen atoms in total. The molecule has 26 heavy (non-hydrogen) atoms. The molecule has 0 radical (unpaired) electrons. The SMILES string of the molecule is CCCOc1c(C)cc(NC(=O)[C@]2(OCCC)CCC[C@H](C)C2)cc1C. The van der Waals surface area contributed by atoms with E-state index in [-0.39, 0.29) is 5.91 Å². The van der Waals surface area contributed by atoms with Crippen LogP contribution in [0.3, 0.4) is 0 Å². The maximum Gasteiger partial charge on any atom is 0.256 e. The maximum absolute atomic E-state index is 13.2. The summed E-state index contributed by atoms with van der Waals surface area (Å²) in [6.45, 7) is 11.8. The summed E-state index contributed by atoms with van der Waals surface area (Å²) in [5, 5.41) is 3.13. The molecule has 0 heterocycles. The molecule has 1 amide bonds. The van der Waals surface area contributed by atoms with Crippen LogP contribution in [0, 0.1) is 19.8 Å². The molecule has 0 unspecified atom stereocenters. The number of ether oxygens (including phenoxy) is 2. The second-order valence-electron chi connectivity index (χ2n) is 7.79. The second kappa shape index (κ2) is 9.40. The smallest absolute Gasteiger partial charge is 0.256 e. The number of carbonyl (C=O) groups is 1. The minimum Gasteiger partial charge on any atom is -0.493 e. The summed E-state index contributed by atoms with van der Waals surface area (Å²) in [7, 11) is 0. The number of carbonyl (C=O) groups excluding carboxylic acids is 1. The Balaban J connectivity index is 2.18. The van der Waals surface area contributed by atoms with Crippen molar-refractivity contribution in [3.8, 4) is 5.75 Å². The molecule has 0 bridgehead atoms. The summed E-state index contributed by atoms with van der Waals surface area (Å²) >= 11 is 0. The number of anilines is 1. The molecule has 146 valence electrons. The summed E-state index contributed by atoms with van der Waals surface area (Å²) in [5.41, 5.74) is 2.24. The van der Waals surface area contributed by atoms with Crippen LogP contribution in [0.25, 0.3) is 0 Å². The van der Waals surface area contributed by atoms with Crippen molar-refractivity contribution in [2.75, 3.05) is 18.5 Å². The van der Waals surface area contributed by atoms with E-state index in [0.717, 1.165) is 54.7 Å². The number of nitrogens with one attached hydrogen (secondary N) is 1. The molecule has 0 aliphatic heterocycles. The Bertz CT molecular complexity index is 590. The van der Waals surface area contributed by atoms with E-state index in [1.54, 1.807) is 0 Å². The van der Waals surface area contributed by atoms with Gasteiger partial charge in [0.1, 0.15) is 11.4 Å². The fourth-order valence-corrected chi connectivity index (χ4v) is 3.90. The van der Waals surface area contributed by atoms with E-state index >= 15 is 0 Å². The molecule has 1 aliphatic carbocycles. The normalized spacial score (nSPS) is 22.9. The van der Waals surface area contributed by atoms with Gasteiger partial charge in [0.15, 0.2) is 0 Å². The quantitative estimate of drug-likeness (QED) is 0.674. The largest absolute Gasteiger partial charge is 0.493 e. The van der Waals surface area contributed by atoms with Crippen LogP contribution in [0.1, 0.15) is 70.4 Å². The number of hydrogen-bond donors (Lipinski definition) is 1. The van der Waals surface area contributed by atoms with Crippen molar-refractivity contribution in [1.82, 2.24) is 0 Å². The van der Waals surface area contributed by atoms with Gasteiger partial charge >= 0.3 is 0 Å².